The van der Waals surface area contributed by atoms with Gasteiger partial charge >= 0.3 is 0 Å². The summed E-state index contributed by atoms with van der Waals surface area (Å²) in [6.07, 6.45) is 3.62. The zero-order valence-corrected chi connectivity index (χ0v) is 13.4. The van der Waals surface area contributed by atoms with Crippen LogP contribution >= 0.6 is 11.6 Å². The maximum atomic E-state index is 12.1. The smallest absolute Gasteiger partial charge is 0.234 e. The lowest BCUT2D eigenvalue weighted by Crippen LogP contribution is -2.44. The number of benzene rings is 1. The molecule has 1 fully saturated rings. The topological polar surface area (TPSA) is 41.6 Å². The SMILES string of the molecule is COc1ccc(Cl)cc1CNC(=O)CN1CCCCC1C. The van der Waals surface area contributed by atoms with E-state index in [1.165, 1.54) is 19.3 Å². The van der Waals surface area contributed by atoms with Crippen LogP contribution in [-0.4, -0.2) is 37.0 Å². The molecule has 1 aliphatic rings. The molecule has 4 nitrogen and oxygen atoms in total. The van der Waals surface area contributed by atoms with Crippen molar-refractivity contribution < 1.29 is 9.53 Å². The minimum atomic E-state index is 0.0470. The summed E-state index contributed by atoms with van der Waals surface area (Å²) < 4.78 is 5.28. The second-order valence-corrected chi connectivity index (χ2v) is 5.98. The number of halogens is 1. The Morgan fingerprint density at radius 3 is 3.00 bits per heavy atom. The van der Waals surface area contributed by atoms with Crippen molar-refractivity contribution in [3.05, 3.63) is 28.8 Å². The number of nitrogens with one attached hydrogen (secondary N) is 1. The number of rotatable bonds is 5. The van der Waals surface area contributed by atoms with E-state index in [1.807, 2.05) is 12.1 Å². The van der Waals surface area contributed by atoms with Crippen LogP contribution in [-0.2, 0) is 11.3 Å². The average molecular weight is 311 g/mol. The highest BCUT2D eigenvalue weighted by Crippen LogP contribution is 2.22. The summed E-state index contributed by atoms with van der Waals surface area (Å²) in [6, 6.07) is 5.91. The van der Waals surface area contributed by atoms with E-state index >= 15 is 0 Å². The summed E-state index contributed by atoms with van der Waals surface area (Å²) in [5, 5.41) is 3.59. The molecule has 1 amide bonds. The zero-order chi connectivity index (χ0) is 15.2. The van der Waals surface area contributed by atoms with E-state index in [0.29, 0.717) is 24.2 Å². The number of carbonyl (C=O) groups is 1. The van der Waals surface area contributed by atoms with Crippen molar-refractivity contribution in [2.75, 3.05) is 20.2 Å². The van der Waals surface area contributed by atoms with E-state index in [0.717, 1.165) is 17.9 Å². The lowest BCUT2D eigenvalue weighted by molar-refractivity contribution is -0.123. The lowest BCUT2D eigenvalue weighted by atomic mass is 10.0. The molecule has 1 saturated heterocycles. The summed E-state index contributed by atoms with van der Waals surface area (Å²) in [4.78, 5) is 14.3. The first-order valence-corrected chi connectivity index (χ1v) is 7.81. The molecule has 21 heavy (non-hydrogen) atoms. The number of hydrogen-bond donors (Lipinski definition) is 1. The minimum Gasteiger partial charge on any atom is -0.496 e. The quantitative estimate of drug-likeness (QED) is 0.909. The molecular formula is C16H23ClN2O2. The molecule has 0 spiro atoms. The molecular weight excluding hydrogens is 288 g/mol. The molecule has 0 aromatic heterocycles. The van der Waals surface area contributed by atoms with Crippen molar-refractivity contribution in [2.24, 2.45) is 0 Å². The highest BCUT2D eigenvalue weighted by atomic mass is 35.5. The number of likely N-dealkylation sites (tertiary alicyclic amines) is 1. The van der Waals surface area contributed by atoms with Crippen molar-refractivity contribution >= 4 is 17.5 Å². The average Bonchev–Trinajstić information content (AvgIpc) is 2.48. The number of hydrogen-bond acceptors (Lipinski definition) is 3. The number of ether oxygens (including phenoxy) is 1. The molecule has 1 N–H and O–H groups in total. The van der Waals surface area contributed by atoms with Crippen LogP contribution in [0.15, 0.2) is 18.2 Å². The van der Waals surface area contributed by atoms with Crippen molar-refractivity contribution in [3.8, 4) is 5.75 Å². The Bertz CT molecular complexity index is 493. The van der Waals surface area contributed by atoms with Gasteiger partial charge < -0.3 is 10.1 Å². The molecule has 0 saturated carbocycles. The highest BCUT2D eigenvalue weighted by molar-refractivity contribution is 6.30. The Kier molecular flexibility index (Phi) is 5.88. The number of nitrogens with zero attached hydrogens (tertiary/aromatic N) is 1. The van der Waals surface area contributed by atoms with Crippen LogP contribution in [0.4, 0.5) is 0 Å². The van der Waals surface area contributed by atoms with Crippen molar-refractivity contribution in [3.63, 3.8) is 0 Å². The summed E-state index contributed by atoms with van der Waals surface area (Å²) >= 11 is 5.99. The van der Waals surface area contributed by atoms with E-state index in [1.54, 1.807) is 13.2 Å². The molecule has 0 bridgehead atoms. The molecule has 1 aliphatic heterocycles. The summed E-state index contributed by atoms with van der Waals surface area (Å²) in [5.41, 5.74) is 0.894. The van der Waals surface area contributed by atoms with Crippen LogP contribution in [0.5, 0.6) is 5.75 Å². The first kappa shape index (κ1) is 16.1. The van der Waals surface area contributed by atoms with Crippen molar-refractivity contribution in [1.29, 1.82) is 0 Å². The standard InChI is InChI=1S/C16H23ClN2O2/c1-12-5-3-4-8-19(12)11-16(20)18-10-13-9-14(17)6-7-15(13)21-2/h6-7,9,12H,3-5,8,10-11H2,1-2H3,(H,18,20). The number of methoxy groups -OCH3 is 1. The van der Waals surface area contributed by atoms with Gasteiger partial charge in [-0.25, -0.2) is 0 Å². The molecule has 1 unspecified atom stereocenters. The van der Waals surface area contributed by atoms with Gasteiger partial charge in [0.15, 0.2) is 0 Å². The zero-order valence-electron chi connectivity index (χ0n) is 12.7. The van der Waals surface area contributed by atoms with Gasteiger partial charge in [0.25, 0.3) is 0 Å². The van der Waals surface area contributed by atoms with Gasteiger partial charge in [-0.2, -0.15) is 0 Å². The molecule has 116 valence electrons. The highest BCUT2D eigenvalue weighted by Gasteiger charge is 2.20. The van der Waals surface area contributed by atoms with Crippen LogP contribution in [0.1, 0.15) is 31.7 Å². The predicted molar refractivity (Wildman–Crippen MR) is 84.7 cm³/mol. The first-order chi connectivity index (χ1) is 10.1. The van der Waals surface area contributed by atoms with Crippen LogP contribution in [0.25, 0.3) is 0 Å². The monoisotopic (exact) mass is 310 g/mol. The molecule has 1 aromatic carbocycles. The summed E-state index contributed by atoms with van der Waals surface area (Å²) in [7, 11) is 1.62. The first-order valence-electron chi connectivity index (χ1n) is 7.43. The van der Waals surface area contributed by atoms with Crippen LogP contribution in [0, 0.1) is 0 Å². The van der Waals surface area contributed by atoms with Crippen molar-refractivity contribution in [1.82, 2.24) is 10.2 Å². The number of carbonyl (C=O) groups excluding carboxylic acids is 1. The Morgan fingerprint density at radius 1 is 1.48 bits per heavy atom. The third kappa shape index (κ3) is 4.61. The Morgan fingerprint density at radius 2 is 2.29 bits per heavy atom. The van der Waals surface area contributed by atoms with E-state index in [-0.39, 0.29) is 5.91 Å². The fourth-order valence-corrected chi connectivity index (χ4v) is 2.91. The second kappa shape index (κ2) is 7.66. The van der Waals surface area contributed by atoms with E-state index in [9.17, 15) is 4.79 Å². The maximum absolute atomic E-state index is 12.1. The van der Waals surface area contributed by atoms with Gasteiger partial charge in [-0.3, -0.25) is 9.69 Å². The van der Waals surface area contributed by atoms with Gasteiger partial charge in [-0.05, 0) is 44.5 Å². The van der Waals surface area contributed by atoms with E-state index in [2.05, 4.69) is 17.1 Å². The molecule has 1 atom stereocenters. The van der Waals surface area contributed by atoms with Gasteiger partial charge in [-0.1, -0.05) is 18.0 Å². The maximum Gasteiger partial charge on any atom is 0.234 e. The molecule has 1 heterocycles. The second-order valence-electron chi connectivity index (χ2n) is 5.55. The third-order valence-electron chi connectivity index (χ3n) is 4.01. The predicted octanol–water partition coefficient (Wildman–Crippen LogP) is 2.84. The Hall–Kier alpha value is -1.26. The Labute approximate surface area is 131 Å². The lowest BCUT2D eigenvalue weighted by Gasteiger charge is -2.32. The fraction of sp³-hybridized carbons (Fsp3) is 0.562. The van der Waals surface area contributed by atoms with Gasteiger partial charge in [-0.15, -0.1) is 0 Å². The molecule has 2 rings (SSSR count). The normalized spacial score (nSPS) is 19.3. The number of piperidine rings is 1. The molecule has 1 aromatic rings. The van der Waals surface area contributed by atoms with Gasteiger partial charge in [0.05, 0.1) is 13.7 Å². The number of amides is 1. The van der Waals surface area contributed by atoms with Gasteiger partial charge in [0.2, 0.25) is 5.91 Å². The van der Waals surface area contributed by atoms with Gasteiger partial charge in [0, 0.05) is 23.2 Å². The molecule has 0 radical (unpaired) electrons. The fourth-order valence-electron chi connectivity index (χ4n) is 2.71. The van der Waals surface area contributed by atoms with Gasteiger partial charge in [0.1, 0.15) is 5.75 Å². The molecule has 5 heteroatoms. The minimum absolute atomic E-state index is 0.0470. The largest absolute Gasteiger partial charge is 0.496 e. The van der Waals surface area contributed by atoms with Crippen molar-refractivity contribution in [2.45, 2.75) is 38.8 Å². The van der Waals surface area contributed by atoms with E-state index in [4.69, 9.17) is 16.3 Å². The van der Waals surface area contributed by atoms with Crippen LogP contribution < -0.4 is 10.1 Å². The summed E-state index contributed by atoms with van der Waals surface area (Å²) in [6.45, 7) is 4.09. The molecule has 0 aliphatic carbocycles. The third-order valence-corrected chi connectivity index (χ3v) is 4.24. The summed E-state index contributed by atoms with van der Waals surface area (Å²) in [5.74, 6) is 0.789. The Balaban J connectivity index is 1.87. The van der Waals surface area contributed by atoms with E-state index < -0.39 is 0 Å². The van der Waals surface area contributed by atoms with Crippen LogP contribution in [0.2, 0.25) is 5.02 Å². The van der Waals surface area contributed by atoms with Crippen LogP contribution in [0.3, 0.4) is 0 Å².